The molecule has 5 nitrogen and oxygen atoms in total. The van der Waals surface area contributed by atoms with Gasteiger partial charge in [0.1, 0.15) is 0 Å². The third kappa shape index (κ3) is 4.02. The van der Waals surface area contributed by atoms with Crippen molar-refractivity contribution in [2.75, 3.05) is 6.54 Å². The van der Waals surface area contributed by atoms with Gasteiger partial charge in [-0.2, -0.15) is 0 Å². The molecule has 3 rings (SSSR count). The second-order valence-corrected chi connectivity index (χ2v) is 7.36. The molecular formula is C19H23N3O2S. The second kappa shape index (κ2) is 7.70. The van der Waals surface area contributed by atoms with Crippen LogP contribution >= 0.6 is 11.3 Å². The quantitative estimate of drug-likeness (QED) is 0.859. The van der Waals surface area contributed by atoms with Gasteiger partial charge in [-0.25, -0.2) is 4.79 Å². The third-order valence-electron chi connectivity index (χ3n) is 4.70. The summed E-state index contributed by atoms with van der Waals surface area (Å²) in [7, 11) is 0. The Kier molecular flexibility index (Phi) is 5.38. The monoisotopic (exact) mass is 357 g/mol. The Balaban J connectivity index is 1.76. The number of amides is 3. The minimum atomic E-state index is -0.608. The average molecular weight is 357 g/mol. The largest absolute Gasteiger partial charge is 0.352 e. The summed E-state index contributed by atoms with van der Waals surface area (Å²) in [5.74, 6) is 0.0536. The van der Waals surface area contributed by atoms with Gasteiger partial charge in [0.2, 0.25) is 5.91 Å². The summed E-state index contributed by atoms with van der Waals surface area (Å²) < 4.78 is 0. The Labute approximate surface area is 151 Å². The van der Waals surface area contributed by atoms with Crippen molar-refractivity contribution in [1.29, 1.82) is 0 Å². The maximum Gasteiger partial charge on any atom is 0.312 e. The first-order valence-electron chi connectivity index (χ1n) is 8.50. The number of thiophene rings is 1. The molecule has 0 bridgehead atoms. The number of urea groups is 1. The van der Waals surface area contributed by atoms with E-state index in [9.17, 15) is 9.59 Å². The number of carbonyl (C=O) groups is 2. The van der Waals surface area contributed by atoms with E-state index in [2.05, 4.69) is 24.4 Å². The van der Waals surface area contributed by atoms with Crippen molar-refractivity contribution < 1.29 is 9.59 Å². The van der Waals surface area contributed by atoms with Crippen LogP contribution in [0.15, 0.2) is 41.8 Å². The Morgan fingerprint density at radius 3 is 2.80 bits per heavy atom. The van der Waals surface area contributed by atoms with Crippen molar-refractivity contribution in [2.45, 2.75) is 38.3 Å². The van der Waals surface area contributed by atoms with Crippen LogP contribution in [0.4, 0.5) is 4.79 Å². The van der Waals surface area contributed by atoms with Crippen LogP contribution < -0.4 is 11.1 Å². The summed E-state index contributed by atoms with van der Waals surface area (Å²) in [6, 6.07) is 11.2. The predicted molar refractivity (Wildman–Crippen MR) is 99.3 cm³/mol. The zero-order chi connectivity index (χ0) is 17.8. The van der Waals surface area contributed by atoms with Crippen molar-refractivity contribution in [3.63, 3.8) is 0 Å². The molecular weight excluding hydrogens is 334 g/mol. The highest BCUT2D eigenvalue weighted by atomic mass is 32.1. The molecule has 0 aliphatic carbocycles. The van der Waals surface area contributed by atoms with E-state index in [0.717, 1.165) is 24.3 Å². The Bertz CT molecular complexity index is 745. The lowest BCUT2D eigenvalue weighted by atomic mass is 9.99. The fourth-order valence-corrected chi connectivity index (χ4v) is 4.30. The standard InChI is InChI=1S/C19H23N3O2S/c1-13-6-2-3-7-14(13)16-8-4-10-22(16)18(23)12-15(21-19(20)24)17-9-5-11-25-17/h2-3,5-7,9,11,15-16H,4,8,10,12H2,1H3,(H3,20,21,24)/t15-,16-/m0/s1. The minimum Gasteiger partial charge on any atom is -0.352 e. The molecule has 6 heteroatoms. The molecule has 0 unspecified atom stereocenters. The van der Waals surface area contributed by atoms with E-state index in [1.807, 2.05) is 34.5 Å². The molecule has 1 aliphatic rings. The van der Waals surface area contributed by atoms with Gasteiger partial charge in [0.25, 0.3) is 0 Å². The number of nitrogens with one attached hydrogen (secondary N) is 1. The summed E-state index contributed by atoms with van der Waals surface area (Å²) >= 11 is 1.52. The number of nitrogens with zero attached hydrogens (tertiary/aromatic N) is 1. The smallest absolute Gasteiger partial charge is 0.312 e. The number of hydrogen-bond donors (Lipinski definition) is 2. The number of aryl methyl sites for hydroxylation is 1. The van der Waals surface area contributed by atoms with Gasteiger partial charge >= 0.3 is 6.03 Å². The molecule has 0 spiro atoms. The van der Waals surface area contributed by atoms with Crippen LogP contribution in [0.1, 0.15) is 47.4 Å². The number of benzene rings is 1. The molecule has 1 saturated heterocycles. The van der Waals surface area contributed by atoms with E-state index in [1.54, 1.807) is 0 Å². The summed E-state index contributed by atoms with van der Waals surface area (Å²) in [4.78, 5) is 27.2. The Hall–Kier alpha value is -2.34. The number of rotatable bonds is 5. The van der Waals surface area contributed by atoms with Crippen LogP contribution in [0.3, 0.4) is 0 Å². The molecule has 1 aromatic heterocycles. The molecule has 132 valence electrons. The fourth-order valence-electron chi connectivity index (χ4n) is 3.53. The lowest BCUT2D eigenvalue weighted by Gasteiger charge is -2.28. The zero-order valence-electron chi connectivity index (χ0n) is 14.3. The summed E-state index contributed by atoms with van der Waals surface area (Å²) in [6.45, 7) is 2.84. The molecule has 1 fully saturated rings. The molecule has 2 aromatic rings. The highest BCUT2D eigenvalue weighted by Crippen LogP contribution is 2.35. The van der Waals surface area contributed by atoms with E-state index in [1.165, 1.54) is 22.5 Å². The lowest BCUT2D eigenvalue weighted by molar-refractivity contribution is -0.132. The van der Waals surface area contributed by atoms with Crippen LogP contribution in [-0.4, -0.2) is 23.4 Å². The first kappa shape index (κ1) is 17.5. The molecule has 0 saturated carbocycles. The first-order valence-corrected chi connectivity index (χ1v) is 9.38. The maximum absolute atomic E-state index is 13.0. The lowest BCUT2D eigenvalue weighted by Crippen LogP contribution is -2.38. The van der Waals surface area contributed by atoms with E-state index in [0.29, 0.717) is 0 Å². The minimum absolute atomic E-state index is 0.0536. The molecule has 25 heavy (non-hydrogen) atoms. The van der Waals surface area contributed by atoms with Crippen molar-refractivity contribution in [3.05, 3.63) is 57.8 Å². The van der Waals surface area contributed by atoms with Gasteiger partial charge < -0.3 is 16.0 Å². The van der Waals surface area contributed by atoms with E-state index in [-0.39, 0.29) is 24.4 Å². The van der Waals surface area contributed by atoms with E-state index < -0.39 is 6.03 Å². The third-order valence-corrected chi connectivity index (χ3v) is 5.69. The first-order chi connectivity index (χ1) is 12.1. The summed E-state index contributed by atoms with van der Waals surface area (Å²) in [5, 5.41) is 4.64. The molecule has 0 radical (unpaired) electrons. The molecule has 1 aromatic carbocycles. The number of primary amides is 1. The number of nitrogens with two attached hydrogens (primary N) is 1. The summed E-state index contributed by atoms with van der Waals surface area (Å²) in [6.07, 6.45) is 2.20. The highest BCUT2D eigenvalue weighted by molar-refractivity contribution is 7.10. The van der Waals surface area contributed by atoms with E-state index >= 15 is 0 Å². The van der Waals surface area contributed by atoms with Gasteiger partial charge in [-0.05, 0) is 42.3 Å². The topological polar surface area (TPSA) is 75.4 Å². The van der Waals surface area contributed by atoms with Gasteiger partial charge in [-0.3, -0.25) is 4.79 Å². The van der Waals surface area contributed by atoms with Gasteiger partial charge in [-0.1, -0.05) is 30.3 Å². The molecule has 3 amide bonds. The molecule has 2 heterocycles. The maximum atomic E-state index is 13.0. The van der Waals surface area contributed by atoms with Crippen LogP contribution in [0, 0.1) is 6.92 Å². The molecule has 3 N–H and O–H groups in total. The van der Waals surface area contributed by atoms with Gasteiger partial charge in [0.05, 0.1) is 18.5 Å². The van der Waals surface area contributed by atoms with Crippen LogP contribution in [0.2, 0.25) is 0 Å². The van der Waals surface area contributed by atoms with Crippen molar-refractivity contribution in [2.24, 2.45) is 5.73 Å². The molecule has 2 atom stereocenters. The highest BCUT2D eigenvalue weighted by Gasteiger charge is 2.32. The Morgan fingerprint density at radius 2 is 2.12 bits per heavy atom. The van der Waals surface area contributed by atoms with Crippen LogP contribution in [-0.2, 0) is 4.79 Å². The van der Waals surface area contributed by atoms with Gasteiger partial charge in [0.15, 0.2) is 0 Å². The van der Waals surface area contributed by atoms with Gasteiger partial charge in [-0.15, -0.1) is 11.3 Å². The number of hydrogen-bond acceptors (Lipinski definition) is 3. The predicted octanol–water partition coefficient (Wildman–Crippen LogP) is 3.52. The number of likely N-dealkylation sites (tertiary alicyclic amines) is 1. The second-order valence-electron chi connectivity index (χ2n) is 6.38. The van der Waals surface area contributed by atoms with E-state index in [4.69, 9.17) is 5.73 Å². The van der Waals surface area contributed by atoms with Crippen molar-refractivity contribution in [1.82, 2.24) is 10.2 Å². The molecule has 1 aliphatic heterocycles. The average Bonchev–Trinajstić information content (AvgIpc) is 3.26. The van der Waals surface area contributed by atoms with Crippen molar-refractivity contribution in [3.8, 4) is 0 Å². The van der Waals surface area contributed by atoms with Gasteiger partial charge in [0, 0.05) is 11.4 Å². The van der Waals surface area contributed by atoms with Crippen molar-refractivity contribution >= 4 is 23.3 Å². The fraction of sp³-hybridized carbons (Fsp3) is 0.368. The normalized spacial score (nSPS) is 18.1. The number of carbonyl (C=O) groups excluding carboxylic acids is 2. The Morgan fingerprint density at radius 1 is 1.32 bits per heavy atom. The zero-order valence-corrected chi connectivity index (χ0v) is 15.1. The van der Waals surface area contributed by atoms with Crippen LogP contribution in [0.5, 0.6) is 0 Å². The SMILES string of the molecule is Cc1ccccc1[C@@H]1CCCN1C(=O)C[C@H](NC(N)=O)c1cccs1. The van der Waals surface area contributed by atoms with Crippen LogP contribution in [0.25, 0.3) is 0 Å². The summed E-state index contributed by atoms with van der Waals surface area (Å²) in [5.41, 5.74) is 7.71.